The van der Waals surface area contributed by atoms with E-state index in [-0.39, 0.29) is 5.91 Å². The molecule has 1 aliphatic rings. The molecular formula is C29H26N6O3. The fourth-order valence-electron chi connectivity index (χ4n) is 4.38. The van der Waals surface area contributed by atoms with E-state index in [0.717, 1.165) is 46.4 Å². The van der Waals surface area contributed by atoms with E-state index in [4.69, 9.17) is 9.47 Å². The minimum atomic E-state index is -0.331. The third kappa shape index (κ3) is 5.05. The normalized spacial score (nSPS) is 13.4. The van der Waals surface area contributed by atoms with Crippen molar-refractivity contribution in [1.82, 2.24) is 20.2 Å². The van der Waals surface area contributed by atoms with E-state index in [1.54, 1.807) is 18.3 Å². The Bertz CT molecular complexity index is 1570. The monoisotopic (exact) mass is 506 g/mol. The van der Waals surface area contributed by atoms with Gasteiger partial charge < -0.3 is 19.7 Å². The van der Waals surface area contributed by atoms with E-state index in [9.17, 15) is 4.79 Å². The lowest BCUT2D eigenvalue weighted by Gasteiger charge is -2.28. The number of carbonyl (C=O) groups excluding carboxylic acids is 1. The molecule has 1 fully saturated rings. The van der Waals surface area contributed by atoms with Gasteiger partial charge in [-0.2, -0.15) is 5.10 Å². The minimum Gasteiger partial charge on any atom is -0.439 e. The zero-order valence-electron chi connectivity index (χ0n) is 20.8. The molecular weight excluding hydrogens is 480 g/mol. The number of fused-ring (bicyclic) bond motifs is 1. The maximum Gasteiger partial charge on any atom is 0.276 e. The Balaban J connectivity index is 1.19. The number of benzene rings is 2. The highest BCUT2D eigenvalue weighted by Crippen LogP contribution is 2.28. The van der Waals surface area contributed by atoms with Crippen LogP contribution in [0, 0.1) is 6.92 Å². The van der Waals surface area contributed by atoms with Gasteiger partial charge in [0.25, 0.3) is 5.91 Å². The van der Waals surface area contributed by atoms with Crippen molar-refractivity contribution in [1.29, 1.82) is 0 Å². The van der Waals surface area contributed by atoms with Gasteiger partial charge >= 0.3 is 0 Å². The molecule has 0 bridgehead atoms. The van der Waals surface area contributed by atoms with Crippen molar-refractivity contribution in [2.24, 2.45) is 0 Å². The Labute approximate surface area is 219 Å². The number of ether oxygens (including phenoxy) is 2. The standard InChI is InChI=1S/C29H26N6O3/c1-19-2-6-24(7-3-19)38-27-9-5-22(17-31-27)32-29(36)28-25-15-20(4-8-26(25)33-34-28)21-14-23(18-30-16-21)35-10-12-37-13-11-35/h2-9,14-18H,10-13H2,1H3,(H,32,36)(H,33,34). The number of morpholine rings is 1. The number of rotatable bonds is 6. The van der Waals surface area contributed by atoms with Crippen molar-refractivity contribution in [3.8, 4) is 22.8 Å². The summed E-state index contributed by atoms with van der Waals surface area (Å²) >= 11 is 0. The number of hydrogen-bond acceptors (Lipinski definition) is 7. The average Bonchev–Trinajstić information content (AvgIpc) is 3.39. The maximum atomic E-state index is 13.1. The van der Waals surface area contributed by atoms with Crippen LogP contribution in [0.25, 0.3) is 22.0 Å². The Kier molecular flexibility index (Phi) is 6.41. The number of hydrogen-bond donors (Lipinski definition) is 2. The number of H-pyrrole nitrogens is 1. The first kappa shape index (κ1) is 23.6. The molecule has 6 rings (SSSR count). The summed E-state index contributed by atoms with van der Waals surface area (Å²) in [5.74, 6) is 0.807. The molecule has 4 heterocycles. The van der Waals surface area contributed by atoms with Crippen molar-refractivity contribution in [2.45, 2.75) is 6.92 Å². The van der Waals surface area contributed by atoms with Gasteiger partial charge in [0.1, 0.15) is 5.75 Å². The van der Waals surface area contributed by atoms with Crippen LogP contribution in [0.1, 0.15) is 16.1 Å². The Morgan fingerprint density at radius 2 is 1.82 bits per heavy atom. The fraction of sp³-hybridized carbons (Fsp3) is 0.172. The summed E-state index contributed by atoms with van der Waals surface area (Å²) < 4.78 is 11.2. The van der Waals surface area contributed by atoms with Gasteiger partial charge in [-0.1, -0.05) is 23.8 Å². The number of nitrogens with zero attached hydrogens (tertiary/aromatic N) is 4. The molecule has 0 atom stereocenters. The molecule has 2 N–H and O–H groups in total. The molecule has 1 amide bonds. The molecule has 0 unspecified atom stereocenters. The van der Waals surface area contributed by atoms with Crippen molar-refractivity contribution in [3.05, 3.63) is 90.5 Å². The Morgan fingerprint density at radius 3 is 2.61 bits per heavy atom. The van der Waals surface area contributed by atoms with Gasteiger partial charge in [-0.05, 0) is 48.9 Å². The first-order valence-electron chi connectivity index (χ1n) is 12.4. The van der Waals surface area contributed by atoms with Crippen LogP contribution >= 0.6 is 0 Å². The summed E-state index contributed by atoms with van der Waals surface area (Å²) in [5.41, 5.74) is 5.75. The van der Waals surface area contributed by atoms with Gasteiger partial charge in [0.05, 0.1) is 42.5 Å². The summed E-state index contributed by atoms with van der Waals surface area (Å²) in [5, 5.41) is 10.8. The van der Waals surface area contributed by atoms with Gasteiger partial charge in [-0.3, -0.25) is 14.9 Å². The molecule has 0 spiro atoms. The molecule has 1 aliphatic heterocycles. The van der Waals surface area contributed by atoms with Gasteiger partial charge in [-0.15, -0.1) is 0 Å². The summed E-state index contributed by atoms with van der Waals surface area (Å²) in [7, 11) is 0. The number of anilines is 2. The Hall–Kier alpha value is -4.76. The van der Waals surface area contributed by atoms with E-state index in [1.165, 1.54) is 0 Å². The van der Waals surface area contributed by atoms with Crippen LogP contribution in [0.3, 0.4) is 0 Å². The number of aromatic nitrogens is 4. The SMILES string of the molecule is Cc1ccc(Oc2ccc(NC(=O)c3n[nH]c4ccc(-c5cncc(N6CCOCC6)c5)cc34)cn2)cc1. The highest BCUT2D eigenvalue weighted by molar-refractivity contribution is 6.11. The van der Waals surface area contributed by atoms with E-state index >= 15 is 0 Å². The molecule has 9 nitrogen and oxygen atoms in total. The number of nitrogens with one attached hydrogen (secondary N) is 2. The fourth-order valence-corrected chi connectivity index (χ4v) is 4.38. The van der Waals surface area contributed by atoms with Crippen LogP contribution in [0.5, 0.6) is 11.6 Å². The van der Waals surface area contributed by atoms with Crippen LogP contribution in [0.4, 0.5) is 11.4 Å². The Morgan fingerprint density at radius 1 is 0.974 bits per heavy atom. The van der Waals surface area contributed by atoms with Crippen molar-refractivity contribution in [2.75, 3.05) is 36.5 Å². The lowest BCUT2D eigenvalue weighted by Crippen LogP contribution is -2.36. The van der Waals surface area contributed by atoms with Crippen LogP contribution in [0.15, 0.2) is 79.3 Å². The summed E-state index contributed by atoms with van der Waals surface area (Å²) in [4.78, 5) is 24.1. The predicted octanol–water partition coefficient (Wildman–Crippen LogP) is 5.21. The quantitative estimate of drug-likeness (QED) is 0.326. The number of aryl methyl sites for hydroxylation is 1. The summed E-state index contributed by atoms with van der Waals surface area (Å²) in [6.45, 7) is 5.11. The third-order valence-corrected chi connectivity index (χ3v) is 6.45. The first-order valence-corrected chi connectivity index (χ1v) is 12.4. The highest BCUT2D eigenvalue weighted by atomic mass is 16.5. The highest BCUT2D eigenvalue weighted by Gasteiger charge is 2.17. The second-order valence-electron chi connectivity index (χ2n) is 9.12. The molecule has 38 heavy (non-hydrogen) atoms. The molecule has 9 heteroatoms. The minimum absolute atomic E-state index is 0.305. The van der Waals surface area contributed by atoms with Crippen LogP contribution in [-0.2, 0) is 4.74 Å². The van der Waals surface area contributed by atoms with Crippen molar-refractivity contribution >= 4 is 28.2 Å². The predicted molar refractivity (Wildman–Crippen MR) is 146 cm³/mol. The zero-order valence-corrected chi connectivity index (χ0v) is 20.8. The van der Waals surface area contributed by atoms with Gasteiger partial charge in [-0.25, -0.2) is 4.98 Å². The average molecular weight is 507 g/mol. The lowest BCUT2D eigenvalue weighted by molar-refractivity contribution is 0.102. The molecule has 0 radical (unpaired) electrons. The number of amides is 1. The van der Waals surface area contributed by atoms with Crippen LogP contribution in [0.2, 0.25) is 0 Å². The maximum absolute atomic E-state index is 13.1. The van der Waals surface area contributed by atoms with Gasteiger partial charge in [0.15, 0.2) is 5.69 Å². The molecule has 190 valence electrons. The van der Waals surface area contributed by atoms with E-state index in [2.05, 4.69) is 36.4 Å². The molecule has 0 saturated carbocycles. The number of carbonyl (C=O) groups is 1. The summed E-state index contributed by atoms with van der Waals surface area (Å²) in [6, 6.07) is 19.2. The largest absolute Gasteiger partial charge is 0.439 e. The van der Waals surface area contributed by atoms with E-state index < -0.39 is 0 Å². The first-order chi connectivity index (χ1) is 18.6. The molecule has 5 aromatic rings. The molecule has 0 aliphatic carbocycles. The number of aromatic amines is 1. The van der Waals surface area contributed by atoms with Crippen LogP contribution in [-0.4, -0.2) is 52.4 Å². The van der Waals surface area contributed by atoms with E-state index in [0.29, 0.717) is 36.2 Å². The second-order valence-corrected chi connectivity index (χ2v) is 9.12. The van der Waals surface area contributed by atoms with Crippen molar-refractivity contribution < 1.29 is 14.3 Å². The lowest BCUT2D eigenvalue weighted by atomic mass is 10.0. The third-order valence-electron chi connectivity index (χ3n) is 6.45. The second kappa shape index (κ2) is 10.3. The molecule has 3 aromatic heterocycles. The van der Waals surface area contributed by atoms with Gasteiger partial charge in [0, 0.05) is 36.3 Å². The van der Waals surface area contributed by atoms with Crippen LogP contribution < -0.4 is 15.0 Å². The van der Waals surface area contributed by atoms with Crippen molar-refractivity contribution in [3.63, 3.8) is 0 Å². The number of pyridine rings is 2. The molecule has 2 aromatic carbocycles. The topological polar surface area (TPSA) is 105 Å². The molecule has 1 saturated heterocycles. The smallest absolute Gasteiger partial charge is 0.276 e. The van der Waals surface area contributed by atoms with E-state index in [1.807, 2.05) is 61.8 Å². The van der Waals surface area contributed by atoms with Gasteiger partial charge in [0.2, 0.25) is 5.88 Å². The summed E-state index contributed by atoms with van der Waals surface area (Å²) in [6.07, 6.45) is 5.26. The zero-order chi connectivity index (χ0) is 25.9.